The average molecular weight is 331 g/mol. The van der Waals surface area contributed by atoms with E-state index >= 15 is 0 Å². The molecule has 1 aliphatic carbocycles. The molecule has 0 aromatic carbocycles. The number of thiophene rings is 1. The van der Waals surface area contributed by atoms with Crippen LogP contribution < -0.4 is 11.1 Å². The molecular weight excluding hydrogens is 308 g/mol. The van der Waals surface area contributed by atoms with Crippen molar-refractivity contribution in [1.82, 2.24) is 5.32 Å². The number of hydrogen-bond acceptors (Lipinski definition) is 4. The maximum absolute atomic E-state index is 11.9. The van der Waals surface area contributed by atoms with Gasteiger partial charge in [0.05, 0.1) is 11.1 Å². The zero-order valence-corrected chi connectivity index (χ0v) is 13.9. The number of hydrogen-bond donors (Lipinski definition) is 2. The molecule has 3 N–H and O–H groups in total. The highest BCUT2D eigenvalue weighted by Crippen LogP contribution is 2.26. The summed E-state index contributed by atoms with van der Waals surface area (Å²) >= 11 is 7.46. The zero-order chi connectivity index (χ0) is 15.2. The van der Waals surface area contributed by atoms with Crippen molar-refractivity contribution in [3.63, 3.8) is 0 Å². The van der Waals surface area contributed by atoms with Gasteiger partial charge in [0.2, 0.25) is 0 Å². The molecule has 1 fully saturated rings. The lowest BCUT2D eigenvalue weighted by Crippen LogP contribution is -2.31. The highest BCUT2D eigenvalue weighted by atomic mass is 35.5. The van der Waals surface area contributed by atoms with Gasteiger partial charge in [-0.1, -0.05) is 11.6 Å². The van der Waals surface area contributed by atoms with Crippen LogP contribution in [0.2, 0.25) is 5.02 Å². The second-order valence-electron chi connectivity index (χ2n) is 5.58. The summed E-state index contributed by atoms with van der Waals surface area (Å²) in [5, 5.41) is 5.34. The number of ether oxygens (including phenoxy) is 1. The van der Waals surface area contributed by atoms with E-state index in [2.05, 4.69) is 5.32 Å². The first kappa shape index (κ1) is 16.7. The van der Waals surface area contributed by atoms with Crippen molar-refractivity contribution >= 4 is 28.8 Å². The molecule has 1 heterocycles. The summed E-state index contributed by atoms with van der Waals surface area (Å²) in [7, 11) is 0. The van der Waals surface area contributed by atoms with Gasteiger partial charge in [-0.25, -0.2) is 0 Å². The molecule has 1 aromatic heterocycles. The molecule has 118 valence electrons. The molecular formula is C15H23ClN2O2S. The lowest BCUT2D eigenvalue weighted by molar-refractivity contribution is 0.0241. The second-order valence-corrected chi connectivity index (χ2v) is 6.84. The number of halogens is 1. The predicted molar refractivity (Wildman–Crippen MR) is 87.2 cm³/mol. The molecule has 0 aliphatic heterocycles. The van der Waals surface area contributed by atoms with Crippen LogP contribution in [0.3, 0.4) is 0 Å². The van der Waals surface area contributed by atoms with Crippen LogP contribution in [0.25, 0.3) is 0 Å². The number of carbonyl (C=O) groups excluding carboxylic acids is 1. The van der Waals surface area contributed by atoms with Crippen molar-refractivity contribution in [3.8, 4) is 0 Å². The van der Waals surface area contributed by atoms with E-state index in [1.54, 1.807) is 0 Å². The average Bonchev–Trinajstić information content (AvgIpc) is 2.80. The van der Waals surface area contributed by atoms with E-state index in [9.17, 15) is 4.79 Å². The smallest absolute Gasteiger partial charge is 0.262 e. The highest BCUT2D eigenvalue weighted by Gasteiger charge is 2.18. The van der Waals surface area contributed by atoms with Crippen molar-refractivity contribution in [2.45, 2.75) is 51.2 Å². The van der Waals surface area contributed by atoms with E-state index in [0.29, 0.717) is 35.2 Å². The maximum atomic E-state index is 11.9. The molecule has 6 heteroatoms. The van der Waals surface area contributed by atoms with Gasteiger partial charge in [-0.15, -0.1) is 11.3 Å². The molecule has 0 saturated heterocycles. The molecule has 0 radical (unpaired) electrons. The normalized spacial score (nSPS) is 22.2. The Morgan fingerprint density at radius 2 is 2.19 bits per heavy atom. The molecule has 1 aromatic rings. The Morgan fingerprint density at radius 3 is 2.81 bits per heavy atom. The summed E-state index contributed by atoms with van der Waals surface area (Å²) in [6.45, 7) is 3.19. The summed E-state index contributed by atoms with van der Waals surface area (Å²) in [4.78, 5) is 12.5. The molecule has 4 nitrogen and oxygen atoms in total. The van der Waals surface area contributed by atoms with Crippen LogP contribution >= 0.6 is 22.9 Å². The van der Waals surface area contributed by atoms with Crippen LogP contribution in [-0.4, -0.2) is 31.2 Å². The SMILES string of the molecule is Cc1csc(C(=O)NCCCOC2CCC(N)CC2)c1Cl. The number of nitrogens with one attached hydrogen (secondary N) is 1. The van der Waals surface area contributed by atoms with Crippen molar-refractivity contribution in [1.29, 1.82) is 0 Å². The van der Waals surface area contributed by atoms with Crippen molar-refractivity contribution in [2.75, 3.05) is 13.2 Å². The first-order valence-electron chi connectivity index (χ1n) is 7.47. The molecule has 1 saturated carbocycles. The molecule has 1 aliphatic rings. The molecule has 1 amide bonds. The maximum Gasteiger partial charge on any atom is 0.262 e. The monoisotopic (exact) mass is 330 g/mol. The summed E-state index contributed by atoms with van der Waals surface area (Å²) in [6.07, 6.45) is 5.37. The minimum Gasteiger partial charge on any atom is -0.378 e. The van der Waals surface area contributed by atoms with Crippen LogP contribution in [-0.2, 0) is 4.74 Å². The van der Waals surface area contributed by atoms with E-state index in [1.807, 2.05) is 12.3 Å². The Kier molecular flexibility index (Phi) is 6.48. The van der Waals surface area contributed by atoms with E-state index in [-0.39, 0.29) is 5.91 Å². The third-order valence-corrected chi connectivity index (χ3v) is 5.48. The van der Waals surface area contributed by atoms with Gasteiger partial charge < -0.3 is 15.8 Å². The van der Waals surface area contributed by atoms with Gasteiger partial charge in [-0.2, -0.15) is 0 Å². The lowest BCUT2D eigenvalue weighted by Gasteiger charge is -2.26. The summed E-state index contributed by atoms with van der Waals surface area (Å²) in [6, 6.07) is 0.350. The Bertz CT molecular complexity index is 470. The Labute approximate surface area is 135 Å². The van der Waals surface area contributed by atoms with E-state index in [0.717, 1.165) is 37.7 Å². The van der Waals surface area contributed by atoms with Crippen LogP contribution in [0.5, 0.6) is 0 Å². The van der Waals surface area contributed by atoms with Gasteiger partial charge >= 0.3 is 0 Å². The number of aryl methyl sites for hydroxylation is 1. The van der Waals surface area contributed by atoms with Gasteiger partial charge in [-0.3, -0.25) is 4.79 Å². The molecule has 0 atom stereocenters. The number of amides is 1. The van der Waals surface area contributed by atoms with Crippen molar-refractivity contribution in [3.05, 3.63) is 20.8 Å². The summed E-state index contributed by atoms with van der Waals surface area (Å²) in [5.41, 5.74) is 6.81. The first-order valence-corrected chi connectivity index (χ1v) is 8.72. The minimum atomic E-state index is -0.0956. The van der Waals surface area contributed by atoms with Crippen LogP contribution in [0, 0.1) is 6.92 Å². The molecule has 0 spiro atoms. The van der Waals surface area contributed by atoms with E-state index in [1.165, 1.54) is 11.3 Å². The lowest BCUT2D eigenvalue weighted by atomic mass is 9.94. The first-order chi connectivity index (χ1) is 10.1. The van der Waals surface area contributed by atoms with Gasteiger partial charge in [0.15, 0.2) is 0 Å². The van der Waals surface area contributed by atoms with Crippen molar-refractivity contribution < 1.29 is 9.53 Å². The third-order valence-electron chi connectivity index (χ3n) is 3.78. The third kappa shape index (κ3) is 4.95. The standard InChI is InChI=1S/C15H23ClN2O2S/c1-10-9-21-14(13(10)16)15(19)18-7-2-8-20-12-5-3-11(17)4-6-12/h9,11-12H,2-8,17H2,1H3,(H,18,19). The Morgan fingerprint density at radius 1 is 1.48 bits per heavy atom. The van der Waals surface area contributed by atoms with E-state index in [4.69, 9.17) is 22.1 Å². The van der Waals surface area contributed by atoms with E-state index < -0.39 is 0 Å². The zero-order valence-electron chi connectivity index (χ0n) is 12.4. The molecule has 2 rings (SSSR count). The number of rotatable bonds is 6. The summed E-state index contributed by atoms with van der Waals surface area (Å²) < 4.78 is 5.82. The predicted octanol–water partition coefficient (Wildman–Crippen LogP) is 3.12. The number of carbonyl (C=O) groups is 1. The summed E-state index contributed by atoms with van der Waals surface area (Å²) in [5.74, 6) is -0.0956. The Balaban J connectivity index is 1.59. The second kappa shape index (κ2) is 8.13. The van der Waals surface area contributed by atoms with Crippen molar-refractivity contribution in [2.24, 2.45) is 5.73 Å². The van der Waals surface area contributed by atoms with Crippen LogP contribution in [0.1, 0.15) is 47.3 Å². The Hall–Kier alpha value is -0.620. The van der Waals surface area contributed by atoms with Gasteiger partial charge in [0.25, 0.3) is 5.91 Å². The minimum absolute atomic E-state index is 0.0956. The highest BCUT2D eigenvalue weighted by molar-refractivity contribution is 7.13. The fraction of sp³-hybridized carbons (Fsp3) is 0.667. The fourth-order valence-corrected chi connectivity index (χ4v) is 3.64. The number of nitrogens with two attached hydrogens (primary N) is 1. The van der Waals surface area contributed by atoms with Gasteiger partial charge in [0, 0.05) is 19.2 Å². The largest absolute Gasteiger partial charge is 0.378 e. The molecule has 0 bridgehead atoms. The topological polar surface area (TPSA) is 64.3 Å². The molecule has 0 unspecified atom stereocenters. The fourth-order valence-electron chi connectivity index (χ4n) is 2.44. The molecule has 21 heavy (non-hydrogen) atoms. The quantitative estimate of drug-likeness (QED) is 0.788. The van der Waals surface area contributed by atoms with Gasteiger partial charge in [-0.05, 0) is 50.0 Å². The van der Waals surface area contributed by atoms with Crippen LogP contribution in [0.4, 0.5) is 0 Å². The van der Waals surface area contributed by atoms with Crippen LogP contribution in [0.15, 0.2) is 5.38 Å². The van der Waals surface area contributed by atoms with Gasteiger partial charge in [0.1, 0.15) is 4.88 Å².